The smallest absolute Gasteiger partial charge is 0.311 e. The van der Waals surface area contributed by atoms with Gasteiger partial charge in [-0.1, -0.05) is 39.3 Å². The summed E-state index contributed by atoms with van der Waals surface area (Å²) in [6, 6.07) is 0. The number of methoxy groups -OCH3 is 1. The lowest BCUT2D eigenvalue weighted by molar-refractivity contribution is -0.391. The van der Waals surface area contributed by atoms with Crippen LogP contribution in [0.15, 0.2) is 11.6 Å². The summed E-state index contributed by atoms with van der Waals surface area (Å²) in [4.78, 5) is 26.2. The Bertz CT molecular complexity index is 1870. The second-order valence-corrected chi connectivity index (χ2v) is 23.1. The highest BCUT2D eigenvalue weighted by molar-refractivity contribution is 5.77. The molecule has 25 atom stereocenters. The molecule has 3 heterocycles. The van der Waals surface area contributed by atoms with Crippen molar-refractivity contribution >= 4 is 12.3 Å². The highest BCUT2D eigenvalue weighted by Gasteiger charge is 2.70. The van der Waals surface area contributed by atoms with Crippen molar-refractivity contribution in [2.45, 2.75) is 204 Å². The maximum Gasteiger partial charge on any atom is 0.311 e. The molecule has 68 heavy (non-hydrogen) atoms. The van der Waals surface area contributed by atoms with Crippen LogP contribution in [0.25, 0.3) is 0 Å². The van der Waals surface area contributed by atoms with Crippen LogP contribution < -0.4 is 0 Å². The molecule has 4 saturated carbocycles. The number of aliphatic hydroxyl groups excluding tert-OH is 10. The third-order valence-electron chi connectivity index (χ3n) is 19.8. The van der Waals surface area contributed by atoms with E-state index in [9.17, 15) is 60.7 Å². The Kier molecular flexibility index (Phi) is 14.6. The molecule has 0 radical (unpaired) electrons. The second kappa shape index (κ2) is 18.9. The second-order valence-electron chi connectivity index (χ2n) is 23.1. The van der Waals surface area contributed by atoms with Gasteiger partial charge in [0.15, 0.2) is 18.9 Å². The number of allylic oxidation sites excluding steroid dienone is 2. The fourth-order valence-electron chi connectivity index (χ4n) is 15.2. The number of aliphatic hydroxyl groups is 10. The van der Waals surface area contributed by atoms with Crippen molar-refractivity contribution in [1.29, 1.82) is 0 Å². The molecule has 8 aliphatic rings. The van der Waals surface area contributed by atoms with Crippen LogP contribution in [0.3, 0.4) is 0 Å². The fourth-order valence-corrected chi connectivity index (χ4v) is 15.2. The van der Waals surface area contributed by atoms with E-state index in [0.29, 0.717) is 32.1 Å². The molecule has 0 aromatic rings. The maximum atomic E-state index is 13.2. The van der Waals surface area contributed by atoms with Crippen LogP contribution in [0.1, 0.15) is 106 Å². The van der Waals surface area contributed by atoms with Crippen LogP contribution in [0.4, 0.5) is 0 Å². The lowest BCUT2D eigenvalue weighted by Gasteiger charge is -2.71. The number of carbonyl (C=O) groups is 2. The number of esters is 1. The van der Waals surface area contributed by atoms with Crippen molar-refractivity contribution in [3.63, 3.8) is 0 Å². The molecule has 3 aliphatic heterocycles. The first-order valence-electron chi connectivity index (χ1n) is 24.7. The van der Waals surface area contributed by atoms with Crippen molar-refractivity contribution in [2.24, 2.45) is 50.2 Å². The van der Waals surface area contributed by atoms with E-state index < -0.39 is 128 Å². The van der Waals surface area contributed by atoms with Crippen molar-refractivity contribution in [3.8, 4) is 0 Å². The van der Waals surface area contributed by atoms with Gasteiger partial charge < -0.3 is 89.0 Å². The summed E-state index contributed by atoms with van der Waals surface area (Å²) < 4.78 is 41.4. The first-order chi connectivity index (χ1) is 32.0. The van der Waals surface area contributed by atoms with Gasteiger partial charge in [0.25, 0.3) is 0 Å². The molecule has 7 fully saturated rings. The molecular formula is C49H78O19. The summed E-state index contributed by atoms with van der Waals surface area (Å²) in [5.41, 5.74) is -1.52. The standard InChI is InChI=1S/C49H78O19/c1-23-31(54)34(57)36(59)40(63-23)68-39-35(58)32(55)26(19-50)65-42(39)67-38-33(56)27(20-51)64-41(37(38)60)66-30-11-12-45(3)28(46(30,4)21-52)10-13-48(6)29(45)9-8-24-25-18-44(2,43(61)62-7)14-16-49(25,22-53)17-15-47(24,48)5/h8,22-23,25-42,50-52,54-60H,9-21H2,1-7H3. The summed E-state index contributed by atoms with van der Waals surface area (Å²) >= 11 is 0. The molecule has 25 unspecified atom stereocenters. The minimum Gasteiger partial charge on any atom is -0.469 e. The van der Waals surface area contributed by atoms with E-state index in [4.69, 9.17) is 33.2 Å². The normalized spacial score (nSPS) is 54.8. The summed E-state index contributed by atoms with van der Waals surface area (Å²) in [5, 5.41) is 109. The van der Waals surface area contributed by atoms with Crippen LogP contribution in [-0.2, 0) is 42.7 Å². The molecule has 0 aromatic carbocycles. The third-order valence-corrected chi connectivity index (χ3v) is 19.8. The van der Waals surface area contributed by atoms with Gasteiger partial charge in [-0.15, -0.1) is 0 Å². The number of fused-ring (bicyclic) bond motifs is 7. The Labute approximate surface area is 398 Å². The Balaban J connectivity index is 1.03. The third kappa shape index (κ3) is 8.00. The van der Waals surface area contributed by atoms with E-state index in [2.05, 4.69) is 26.8 Å². The highest BCUT2D eigenvalue weighted by Crippen LogP contribution is 2.76. The van der Waals surface area contributed by atoms with Crippen LogP contribution in [0.2, 0.25) is 0 Å². The first-order valence-corrected chi connectivity index (χ1v) is 24.7. The molecule has 0 bridgehead atoms. The zero-order valence-electron chi connectivity index (χ0n) is 40.5. The lowest BCUT2D eigenvalue weighted by Crippen LogP contribution is -2.68. The molecule has 19 nitrogen and oxygen atoms in total. The molecule has 388 valence electrons. The van der Waals surface area contributed by atoms with Gasteiger partial charge in [-0.05, 0) is 112 Å². The van der Waals surface area contributed by atoms with E-state index >= 15 is 0 Å². The number of hydrogen-bond donors (Lipinski definition) is 10. The van der Waals surface area contributed by atoms with Gasteiger partial charge in [-0.25, -0.2) is 0 Å². The summed E-state index contributed by atoms with van der Waals surface area (Å²) in [5.74, 6) is -0.188. The summed E-state index contributed by atoms with van der Waals surface area (Å²) in [7, 11) is 1.43. The quantitative estimate of drug-likeness (QED) is 0.0563. The van der Waals surface area contributed by atoms with Crippen LogP contribution >= 0.6 is 0 Å². The first kappa shape index (κ1) is 52.6. The Hall–Kier alpha value is -1.76. The zero-order valence-corrected chi connectivity index (χ0v) is 40.5. The van der Waals surface area contributed by atoms with Gasteiger partial charge in [-0.3, -0.25) is 4.79 Å². The van der Waals surface area contributed by atoms with Crippen molar-refractivity contribution in [2.75, 3.05) is 26.9 Å². The SMILES string of the molecule is COC(=O)C1(C)CCC2(C=O)CCC3(C)C(=CCC4C5(C)CCC(OC6OC(CO)C(O)C(OC7OC(CO)C(O)C(O)C7OC7OC(C)C(O)C(O)C7O)C6O)C(C)(CO)C5CCC43C)C2C1. The minimum atomic E-state index is -1.87. The van der Waals surface area contributed by atoms with E-state index in [0.717, 1.165) is 38.4 Å². The number of aldehydes is 1. The minimum absolute atomic E-state index is 0.0612. The fraction of sp³-hybridized carbons (Fsp3) is 0.918. The molecule has 8 rings (SSSR count). The molecule has 10 N–H and O–H groups in total. The Morgan fingerprint density at radius 2 is 1.32 bits per heavy atom. The van der Waals surface area contributed by atoms with Crippen LogP contribution in [0.5, 0.6) is 0 Å². The molecule has 5 aliphatic carbocycles. The average molecular weight is 971 g/mol. The predicted molar refractivity (Wildman–Crippen MR) is 235 cm³/mol. The Morgan fingerprint density at radius 1 is 0.691 bits per heavy atom. The van der Waals surface area contributed by atoms with Crippen LogP contribution in [-0.4, -0.2) is 188 Å². The van der Waals surface area contributed by atoms with Gasteiger partial charge >= 0.3 is 5.97 Å². The van der Waals surface area contributed by atoms with Gasteiger partial charge in [0.1, 0.15) is 73.4 Å². The van der Waals surface area contributed by atoms with Crippen LogP contribution in [0, 0.1) is 50.2 Å². The van der Waals surface area contributed by atoms with Gasteiger partial charge in [-0.2, -0.15) is 0 Å². The molecule has 19 heteroatoms. The predicted octanol–water partition coefficient (Wildman–Crippen LogP) is -0.0264. The van der Waals surface area contributed by atoms with Gasteiger partial charge in [0.05, 0.1) is 44.6 Å². The van der Waals surface area contributed by atoms with E-state index in [1.165, 1.54) is 19.6 Å². The topological polar surface area (TPSA) is 301 Å². The lowest BCUT2D eigenvalue weighted by atomic mass is 9.33. The Morgan fingerprint density at radius 3 is 1.97 bits per heavy atom. The number of carbonyl (C=O) groups excluding carboxylic acids is 2. The molecule has 3 saturated heterocycles. The van der Waals surface area contributed by atoms with E-state index in [-0.39, 0.29) is 46.6 Å². The molecule has 0 spiro atoms. The molecule has 0 aromatic heterocycles. The average Bonchev–Trinajstić information content (AvgIpc) is 3.32. The van der Waals surface area contributed by atoms with Crippen molar-refractivity contribution < 1.29 is 93.8 Å². The molecular weight excluding hydrogens is 893 g/mol. The zero-order chi connectivity index (χ0) is 49.7. The van der Waals surface area contributed by atoms with E-state index in [1.54, 1.807) is 0 Å². The number of rotatable bonds is 11. The summed E-state index contributed by atoms with van der Waals surface area (Å²) in [6.45, 7) is 10.7. The monoisotopic (exact) mass is 971 g/mol. The van der Waals surface area contributed by atoms with Gasteiger partial charge in [0, 0.05) is 10.8 Å². The maximum absolute atomic E-state index is 13.2. The van der Waals surface area contributed by atoms with Crippen molar-refractivity contribution in [1.82, 2.24) is 0 Å². The summed E-state index contributed by atoms with van der Waals surface area (Å²) in [6.07, 6.45) is -14.7. The van der Waals surface area contributed by atoms with E-state index in [1.807, 2.05) is 13.8 Å². The van der Waals surface area contributed by atoms with Crippen molar-refractivity contribution in [3.05, 3.63) is 11.6 Å². The van der Waals surface area contributed by atoms with Gasteiger partial charge in [0.2, 0.25) is 0 Å². The number of ether oxygens (including phenoxy) is 7. The highest BCUT2D eigenvalue weighted by atomic mass is 16.8. The molecule has 0 amide bonds. The largest absolute Gasteiger partial charge is 0.469 e. The number of hydrogen-bond acceptors (Lipinski definition) is 19.